The molecule has 220 valence electrons. The Morgan fingerprint density at radius 1 is 0.590 bits per heavy atom. The van der Waals surface area contributed by atoms with Gasteiger partial charge in [0, 0.05) is 85.5 Å². The van der Waals surface area contributed by atoms with E-state index in [1.807, 2.05) is 0 Å². The maximum Gasteiger partial charge on any atom is 0.166 e. The molecule has 0 atom stereocenters. The van der Waals surface area contributed by atoms with Crippen molar-refractivity contribution >= 4 is 69.4 Å². The molecule has 0 aliphatic carbocycles. The summed E-state index contributed by atoms with van der Waals surface area (Å²) in [6.07, 6.45) is 3.80. The third kappa shape index (κ3) is 14.8. The Kier molecular flexibility index (Phi) is 17.9. The van der Waals surface area contributed by atoms with Crippen molar-refractivity contribution in [3.8, 4) is 0 Å². The quantitative estimate of drug-likeness (QED) is 0.0713. The van der Waals surface area contributed by atoms with E-state index in [0.29, 0.717) is 82.6 Å². The monoisotopic (exact) mass is 616 g/mol. The van der Waals surface area contributed by atoms with Gasteiger partial charge in [-0.1, -0.05) is 0 Å². The molecular formula is C23H44N12S4. The lowest BCUT2D eigenvalue weighted by atomic mass is 9.97. The lowest BCUT2D eigenvalue weighted by molar-refractivity contribution is 0.258. The zero-order chi connectivity index (χ0) is 28.1. The van der Waals surface area contributed by atoms with Gasteiger partial charge in [-0.15, -0.1) is 0 Å². The number of hydrogen-bond acceptors (Lipinski definition) is 12. The normalized spacial score (nSPS) is 24.1. The first-order valence-electron chi connectivity index (χ1n) is 13.5. The molecule has 0 aromatic carbocycles. The topological polar surface area (TPSA) is 145 Å². The van der Waals surface area contributed by atoms with E-state index in [9.17, 15) is 0 Å². The summed E-state index contributed by atoms with van der Waals surface area (Å²) in [5.74, 6) is 0. The molecule has 0 radical (unpaired) electrons. The molecule has 0 unspecified atom stereocenters. The van der Waals surface area contributed by atoms with Gasteiger partial charge in [-0.25, -0.2) is 9.98 Å². The molecule has 0 aromatic rings. The van der Waals surface area contributed by atoms with Crippen molar-refractivity contribution in [3.63, 3.8) is 0 Å². The van der Waals surface area contributed by atoms with E-state index in [0.717, 1.165) is 38.8 Å². The van der Waals surface area contributed by atoms with Crippen molar-refractivity contribution in [2.75, 3.05) is 85.5 Å². The highest BCUT2D eigenvalue weighted by Gasteiger charge is 2.34. The van der Waals surface area contributed by atoms with Gasteiger partial charge in [0.05, 0.1) is 21.4 Å². The highest BCUT2D eigenvalue weighted by Crippen LogP contribution is 2.06. The van der Waals surface area contributed by atoms with Crippen molar-refractivity contribution in [3.05, 3.63) is 0 Å². The second kappa shape index (κ2) is 20.6. The average molecular weight is 617 g/mol. The van der Waals surface area contributed by atoms with Crippen molar-refractivity contribution in [1.82, 2.24) is 53.2 Å². The van der Waals surface area contributed by atoms with Gasteiger partial charge in [0.25, 0.3) is 0 Å². The molecule has 3 aliphatic rings. The van der Waals surface area contributed by atoms with Crippen molar-refractivity contribution < 1.29 is 0 Å². The highest BCUT2D eigenvalue weighted by atomic mass is 32.1. The minimum atomic E-state index is -0.329. The Morgan fingerprint density at radius 3 is 1.23 bits per heavy atom. The summed E-state index contributed by atoms with van der Waals surface area (Å²) in [4.78, 5) is 7.91. The van der Waals surface area contributed by atoms with E-state index in [1.54, 1.807) is 0 Å². The third-order valence-corrected chi connectivity index (χ3v) is 7.13. The standard InChI is InChI=1S/C23H44N12S4/c36-18-24-5-1-3-7-32-20(38)34-22-9-26-15-29-12-23(13-30-16-27-10-22,14-31-17-28-11-22)35-21(39)33-8-4-2-6-25-19-37/h26-31H,1-17H2,(H2,32,34,38)(H2,33,35,39). The fourth-order valence-electron chi connectivity index (χ4n) is 4.41. The number of nitrogens with one attached hydrogen (secondary N) is 10. The van der Waals surface area contributed by atoms with E-state index in [4.69, 9.17) is 24.4 Å². The molecule has 3 heterocycles. The van der Waals surface area contributed by atoms with Crippen LogP contribution in [0.5, 0.6) is 0 Å². The molecule has 3 rings (SSSR count). The van der Waals surface area contributed by atoms with Crippen LogP contribution in [0.2, 0.25) is 0 Å². The van der Waals surface area contributed by atoms with Gasteiger partial charge < -0.3 is 53.2 Å². The summed E-state index contributed by atoms with van der Waals surface area (Å²) in [5, 5.41) is 41.3. The van der Waals surface area contributed by atoms with E-state index in [-0.39, 0.29) is 11.1 Å². The molecular weight excluding hydrogens is 573 g/mol. The first kappa shape index (κ1) is 33.9. The van der Waals surface area contributed by atoms with Gasteiger partial charge in [0.2, 0.25) is 0 Å². The maximum atomic E-state index is 5.65. The Hall–Kier alpha value is -1.26. The van der Waals surface area contributed by atoms with Crippen LogP contribution < -0.4 is 53.2 Å². The zero-order valence-corrected chi connectivity index (χ0v) is 25.8. The van der Waals surface area contributed by atoms with Crippen LogP contribution in [0.3, 0.4) is 0 Å². The summed E-state index contributed by atoms with van der Waals surface area (Å²) in [6.45, 7) is 9.14. The van der Waals surface area contributed by atoms with Crippen molar-refractivity contribution in [2.45, 2.75) is 36.8 Å². The minimum Gasteiger partial charge on any atom is -0.363 e. The minimum absolute atomic E-state index is 0.329. The Balaban J connectivity index is 1.93. The van der Waals surface area contributed by atoms with Crippen LogP contribution in [-0.2, 0) is 0 Å². The summed E-state index contributed by atoms with van der Waals surface area (Å²) < 4.78 is 0. The molecule has 16 heteroatoms. The number of hydrogen-bond donors (Lipinski definition) is 10. The molecule has 0 aromatic heterocycles. The SMILES string of the molecule is S=C=NCCCCNC(=S)NC12CNCNCC(NC(=S)NCCCCN=C=S)(CNCNC1)CNCNC2. The smallest absolute Gasteiger partial charge is 0.166 e. The molecule has 0 spiro atoms. The molecule has 3 fully saturated rings. The molecule has 0 amide bonds. The number of unbranched alkanes of at least 4 members (excludes halogenated alkanes) is 2. The first-order chi connectivity index (χ1) is 19.0. The van der Waals surface area contributed by atoms with Crippen LogP contribution in [0.4, 0.5) is 0 Å². The predicted molar refractivity (Wildman–Crippen MR) is 174 cm³/mol. The molecule has 12 nitrogen and oxygen atoms in total. The van der Waals surface area contributed by atoms with Crippen LogP contribution in [-0.4, -0.2) is 117 Å². The number of thiocarbonyl (C=S) groups is 4. The second-order valence-corrected chi connectivity index (χ2v) is 11.0. The van der Waals surface area contributed by atoms with E-state index >= 15 is 0 Å². The van der Waals surface area contributed by atoms with Gasteiger partial charge in [0.15, 0.2) is 10.2 Å². The summed E-state index contributed by atoms with van der Waals surface area (Å²) in [6, 6.07) is 0. The Labute approximate surface area is 253 Å². The van der Waals surface area contributed by atoms with Crippen molar-refractivity contribution in [1.29, 1.82) is 0 Å². The molecule has 3 saturated heterocycles. The molecule has 10 N–H and O–H groups in total. The van der Waals surface area contributed by atoms with Gasteiger partial charge in [-0.3, -0.25) is 0 Å². The first-order valence-corrected chi connectivity index (χ1v) is 15.1. The highest BCUT2D eigenvalue weighted by molar-refractivity contribution is 7.80. The summed E-state index contributed by atoms with van der Waals surface area (Å²) >= 11 is 20.5. The maximum absolute atomic E-state index is 5.65. The molecule has 2 bridgehead atoms. The lowest BCUT2D eigenvalue weighted by Crippen LogP contribution is -2.71. The molecule has 0 saturated carbocycles. The van der Waals surface area contributed by atoms with E-state index < -0.39 is 0 Å². The van der Waals surface area contributed by atoms with Gasteiger partial charge in [0.1, 0.15) is 0 Å². The number of rotatable bonds is 12. The van der Waals surface area contributed by atoms with Gasteiger partial charge in [-0.05, 0) is 74.6 Å². The average Bonchev–Trinajstić information content (AvgIpc) is 2.90. The largest absolute Gasteiger partial charge is 0.363 e. The molecule has 3 aliphatic heterocycles. The predicted octanol–water partition coefficient (Wildman–Crippen LogP) is -1.40. The van der Waals surface area contributed by atoms with Gasteiger partial charge in [-0.2, -0.15) is 0 Å². The third-order valence-electron chi connectivity index (χ3n) is 6.38. The van der Waals surface area contributed by atoms with E-state index in [1.165, 1.54) is 0 Å². The Morgan fingerprint density at radius 2 is 0.923 bits per heavy atom. The van der Waals surface area contributed by atoms with E-state index in [2.05, 4.69) is 97.9 Å². The number of aliphatic imine (C=N–C) groups is 2. The van der Waals surface area contributed by atoms with Crippen LogP contribution in [0.15, 0.2) is 9.98 Å². The van der Waals surface area contributed by atoms with Crippen LogP contribution in [0.25, 0.3) is 0 Å². The van der Waals surface area contributed by atoms with Gasteiger partial charge >= 0.3 is 0 Å². The van der Waals surface area contributed by atoms with Crippen LogP contribution in [0, 0.1) is 0 Å². The number of isothiocyanates is 2. The zero-order valence-electron chi connectivity index (χ0n) is 22.5. The fraction of sp³-hybridized carbons (Fsp3) is 0.826. The Bertz CT molecular complexity index is 729. The van der Waals surface area contributed by atoms with Crippen molar-refractivity contribution in [2.24, 2.45) is 9.98 Å². The van der Waals surface area contributed by atoms with Crippen LogP contribution in [0.1, 0.15) is 25.7 Å². The summed E-state index contributed by atoms with van der Waals surface area (Å²) in [7, 11) is 0. The van der Waals surface area contributed by atoms with Crippen LogP contribution >= 0.6 is 48.9 Å². The second-order valence-electron chi connectivity index (χ2n) is 9.77. The summed E-state index contributed by atoms with van der Waals surface area (Å²) in [5.41, 5.74) is -0.658. The lowest BCUT2D eigenvalue weighted by Gasteiger charge is -2.41. The number of nitrogens with zero attached hydrogens (tertiary/aromatic N) is 2. The molecule has 39 heavy (non-hydrogen) atoms. The number of fused-ring (bicyclic) bond motifs is 12. The fourth-order valence-corrected chi connectivity index (χ4v) is 5.23.